The van der Waals surface area contributed by atoms with Crippen LogP contribution in [0.5, 0.6) is 0 Å². The quantitative estimate of drug-likeness (QED) is 0.0611. The fourth-order valence-corrected chi connectivity index (χ4v) is 7.89. The number of hydrogen-bond donors (Lipinski definition) is 2. The van der Waals surface area contributed by atoms with Crippen molar-refractivity contribution in [3.63, 3.8) is 0 Å². The third-order valence-corrected chi connectivity index (χ3v) is 11.5. The molecule has 5 nitrogen and oxygen atoms in total. The van der Waals surface area contributed by atoms with Gasteiger partial charge in [-0.15, -0.1) is 0 Å². The van der Waals surface area contributed by atoms with Crippen LogP contribution in [0.1, 0.15) is 264 Å². The summed E-state index contributed by atoms with van der Waals surface area (Å²) in [4.78, 5) is 26.2. The van der Waals surface area contributed by atoms with Gasteiger partial charge in [0.05, 0.1) is 12.5 Å². The summed E-state index contributed by atoms with van der Waals surface area (Å²) >= 11 is 0. The summed E-state index contributed by atoms with van der Waals surface area (Å²) in [5, 5.41) is 9.71. The van der Waals surface area contributed by atoms with Crippen LogP contribution in [0.15, 0.2) is 0 Å². The van der Waals surface area contributed by atoms with Crippen molar-refractivity contribution in [2.24, 2.45) is 11.7 Å². The summed E-state index contributed by atoms with van der Waals surface area (Å²) in [6, 6.07) is 0. The molecule has 0 saturated carbocycles. The van der Waals surface area contributed by atoms with E-state index in [1.54, 1.807) is 0 Å². The molecule has 0 heterocycles. The van der Waals surface area contributed by atoms with Gasteiger partial charge in [0, 0.05) is 13.1 Å². The molecule has 0 aromatic carbocycles. The maximum Gasteiger partial charge on any atom is 0.306 e. The summed E-state index contributed by atoms with van der Waals surface area (Å²) in [5.41, 5.74) is 5.71. The Bertz CT molecular complexity index is 729. The molecule has 0 saturated heterocycles. The van der Waals surface area contributed by atoms with Crippen LogP contribution in [-0.2, 0) is 9.59 Å². The minimum absolute atomic E-state index is 0.0315. The van der Waals surface area contributed by atoms with Crippen molar-refractivity contribution in [1.29, 1.82) is 0 Å². The van der Waals surface area contributed by atoms with Crippen LogP contribution in [0, 0.1) is 5.92 Å². The average molecular weight is 735 g/mol. The number of nitrogens with zero attached hydrogens (tertiary/aromatic N) is 1. The Labute approximate surface area is 326 Å². The van der Waals surface area contributed by atoms with E-state index in [-0.39, 0.29) is 18.4 Å². The van der Waals surface area contributed by atoms with Gasteiger partial charge in [-0.2, -0.15) is 0 Å². The molecule has 0 spiro atoms. The molecule has 0 aliphatic carbocycles. The maximum absolute atomic E-state index is 12.4. The van der Waals surface area contributed by atoms with Crippen molar-refractivity contribution >= 4 is 11.9 Å². The van der Waals surface area contributed by atoms with Crippen molar-refractivity contribution in [2.75, 3.05) is 19.6 Å². The number of carbonyl (C=O) groups excluding carboxylic acids is 1. The summed E-state index contributed by atoms with van der Waals surface area (Å²) in [6.45, 7) is 6.11. The lowest BCUT2D eigenvalue weighted by Crippen LogP contribution is -2.37. The summed E-state index contributed by atoms with van der Waals surface area (Å²) in [5.74, 6) is -0.865. The number of aliphatic carboxylic acids is 1. The third-order valence-electron chi connectivity index (χ3n) is 11.5. The van der Waals surface area contributed by atoms with E-state index in [0.29, 0.717) is 6.54 Å². The molecule has 0 bridgehead atoms. The first kappa shape index (κ1) is 50.9. The molecule has 1 unspecified atom stereocenters. The van der Waals surface area contributed by atoms with E-state index < -0.39 is 5.97 Å². The Hall–Kier alpha value is -1.10. The van der Waals surface area contributed by atoms with Crippen molar-refractivity contribution in [3.8, 4) is 0 Å². The minimum Gasteiger partial charge on any atom is -0.481 e. The Morgan fingerprint density at radius 2 is 0.635 bits per heavy atom. The molecule has 52 heavy (non-hydrogen) atoms. The molecule has 0 aliphatic heterocycles. The average Bonchev–Trinajstić information content (AvgIpc) is 3.14. The van der Waals surface area contributed by atoms with Crippen LogP contribution in [0.4, 0.5) is 0 Å². The minimum atomic E-state index is -0.653. The number of carboxylic acids is 1. The third kappa shape index (κ3) is 37.2. The molecule has 0 aliphatic rings. The van der Waals surface area contributed by atoms with Crippen LogP contribution < -0.4 is 5.73 Å². The van der Waals surface area contributed by atoms with Gasteiger partial charge >= 0.3 is 5.97 Å². The topological polar surface area (TPSA) is 83.6 Å². The fraction of sp³-hybridized carbons (Fsp3) is 0.957. The van der Waals surface area contributed by atoms with Gasteiger partial charge in [-0.05, 0) is 25.7 Å². The number of rotatable bonds is 44. The Morgan fingerprint density at radius 1 is 0.404 bits per heavy atom. The molecular formula is C47H94N2O3. The zero-order valence-electron chi connectivity index (χ0n) is 35.6. The lowest BCUT2D eigenvalue weighted by molar-refractivity contribution is -0.142. The number of amides is 1. The van der Waals surface area contributed by atoms with Crippen LogP contribution in [0.3, 0.4) is 0 Å². The highest BCUT2D eigenvalue weighted by Gasteiger charge is 2.17. The number of carbonyl (C=O) groups is 2. The van der Waals surface area contributed by atoms with Gasteiger partial charge in [-0.1, -0.05) is 239 Å². The molecule has 1 atom stereocenters. The van der Waals surface area contributed by atoms with Crippen LogP contribution in [0.25, 0.3) is 0 Å². The van der Waals surface area contributed by atoms with Crippen LogP contribution >= 0.6 is 0 Å². The SMILES string of the molecule is CCCCCCCCCCCCCCCCCCCCCCCCCCCCN(CCCCC(CCCCCCCCCCC)C(=O)O)C(=O)CN. The van der Waals surface area contributed by atoms with Gasteiger partial charge in [0.25, 0.3) is 0 Å². The van der Waals surface area contributed by atoms with E-state index in [9.17, 15) is 14.7 Å². The number of nitrogens with two attached hydrogens (primary N) is 1. The summed E-state index contributed by atoms with van der Waals surface area (Å²) in [7, 11) is 0. The van der Waals surface area contributed by atoms with Gasteiger partial charge < -0.3 is 15.7 Å². The molecule has 0 radical (unpaired) electrons. The van der Waals surface area contributed by atoms with Gasteiger partial charge in [0.15, 0.2) is 0 Å². The van der Waals surface area contributed by atoms with Crippen LogP contribution in [-0.4, -0.2) is 41.5 Å². The normalized spacial score (nSPS) is 12.1. The largest absolute Gasteiger partial charge is 0.481 e. The van der Waals surface area contributed by atoms with Crippen molar-refractivity contribution in [3.05, 3.63) is 0 Å². The molecule has 5 heteroatoms. The first-order chi connectivity index (χ1) is 25.6. The van der Waals surface area contributed by atoms with E-state index in [1.165, 1.54) is 205 Å². The lowest BCUT2D eigenvalue weighted by Gasteiger charge is -2.22. The van der Waals surface area contributed by atoms with Gasteiger partial charge in [-0.3, -0.25) is 9.59 Å². The maximum atomic E-state index is 12.4. The standard InChI is InChI=1S/C47H94N2O3/c1-3-5-7-9-11-13-14-15-16-17-18-19-20-21-22-23-24-25-26-27-28-29-31-33-35-38-42-49(46(50)44-48)43-39-37-41-45(47(51)52)40-36-34-32-30-12-10-8-6-4-2/h45H,3-44,48H2,1-2H3,(H,51,52). The second-order valence-corrected chi connectivity index (χ2v) is 16.6. The molecule has 310 valence electrons. The zero-order chi connectivity index (χ0) is 38.0. The predicted octanol–water partition coefficient (Wildman–Crippen LogP) is 14.7. The second-order valence-electron chi connectivity index (χ2n) is 16.6. The Morgan fingerprint density at radius 3 is 0.904 bits per heavy atom. The summed E-state index contributed by atoms with van der Waals surface area (Å²) < 4.78 is 0. The predicted molar refractivity (Wildman–Crippen MR) is 228 cm³/mol. The van der Waals surface area contributed by atoms with Gasteiger partial charge in [0.2, 0.25) is 5.91 Å². The first-order valence-electron chi connectivity index (χ1n) is 23.8. The zero-order valence-corrected chi connectivity index (χ0v) is 35.6. The van der Waals surface area contributed by atoms with E-state index in [4.69, 9.17) is 5.73 Å². The highest BCUT2D eigenvalue weighted by atomic mass is 16.4. The number of unbranched alkanes of at least 4 members (excludes halogenated alkanes) is 34. The molecule has 1 amide bonds. The highest BCUT2D eigenvalue weighted by molar-refractivity contribution is 5.77. The summed E-state index contributed by atoms with van der Waals surface area (Å²) in [6.07, 6.45) is 50.8. The molecule has 0 aromatic heterocycles. The van der Waals surface area contributed by atoms with E-state index in [0.717, 1.165) is 51.5 Å². The fourth-order valence-electron chi connectivity index (χ4n) is 7.89. The van der Waals surface area contributed by atoms with Crippen LogP contribution in [0.2, 0.25) is 0 Å². The van der Waals surface area contributed by atoms with E-state index >= 15 is 0 Å². The second kappa shape index (κ2) is 42.6. The molecule has 0 aromatic rings. The number of hydrogen-bond acceptors (Lipinski definition) is 3. The van der Waals surface area contributed by atoms with Gasteiger partial charge in [0.1, 0.15) is 0 Å². The molecule has 0 fully saturated rings. The van der Waals surface area contributed by atoms with E-state index in [1.807, 2.05) is 4.90 Å². The van der Waals surface area contributed by atoms with E-state index in [2.05, 4.69) is 13.8 Å². The smallest absolute Gasteiger partial charge is 0.306 e. The van der Waals surface area contributed by atoms with Crippen molar-refractivity contribution in [2.45, 2.75) is 264 Å². The Kier molecular flexibility index (Phi) is 41.7. The highest BCUT2D eigenvalue weighted by Crippen LogP contribution is 2.20. The monoisotopic (exact) mass is 735 g/mol. The number of carboxylic acid groups (broad SMARTS) is 1. The first-order valence-corrected chi connectivity index (χ1v) is 23.8. The molecule has 0 rings (SSSR count). The van der Waals surface area contributed by atoms with Crippen molar-refractivity contribution < 1.29 is 14.7 Å². The van der Waals surface area contributed by atoms with Crippen molar-refractivity contribution in [1.82, 2.24) is 4.90 Å². The molecular weight excluding hydrogens is 641 g/mol. The lowest BCUT2D eigenvalue weighted by atomic mass is 9.95. The molecule has 3 N–H and O–H groups in total. The van der Waals surface area contributed by atoms with Gasteiger partial charge in [-0.25, -0.2) is 0 Å². The Balaban J connectivity index is 3.62.